The number of hydrogen-bond donors (Lipinski definition) is 2. The lowest BCUT2D eigenvalue weighted by Crippen LogP contribution is -2.46. The molecule has 26 heavy (non-hydrogen) atoms. The average molecular weight is 372 g/mol. The second-order valence-corrected chi connectivity index (χ2v) is 7.65. The van der Waals surface area contributed by atoms with Gasteiger partial charge in [-0.15, -0.1) is 11.3 Å². The van der Waals surface area contributed by atoms with Crippen molar-refractivity contribution in [3.8, 4) is 11.3 Å². The summed E-state index contributed by atoms with van der Waals surface area (Å²) in [4.78, 5) is 32.4. The summed E-state index contributed by atoms with van der Waals surface area (Å²) in [6.07, 6.45) is 1.62. The minimum absolute atomic E-state index is 0.0169. The van der Waals surface area contributed by atoms with Crippen LogP contribution in [0.3, 0.4) is 0 Å². The summed E-state index contributed by atoms with van der Waals surface area (Å²) in [5.74, 6) is -0.226. The van der Waals surface area contributed by atoms with Gasteiger partial charge >= 0.3 is 0 Å². The van der Waals surface area contributed by atoms with Gasteiger partial charge in [0.05, 0.1) is 16.6 Å². The van der Waals surface area contributed by atoms with Crippen molar-refractivity contribution in [2.24, 2.45) is 11.7 Å². The highest BCUT2D eigenvalue weighted by atomic mass is 32.1. The Hall–Kier alpha value is -2.25. The summed E-state index contributed by atoms with van der Waals surface area (Å²) in [7, 11) is 0. The van der Waals surface area contributed by atoms with Gasteiger partial charge < -0.3 is 16.0 Å². The Bertz CT molecular complexity index is 775. The fourth-order valence-electron chi connectivity index (χ4n) is 3.22. The maximum Gasteiger partial charge on any atom is 0.266 e. The Balaban J connectivity index is 1.78. The topological polar surface area (TPSA) is 88.3 Å². The normalized spacial score (nSPS) is 17.2. The molecule has 1 unspecified atom stereocenters. The number of piperidine rings is 1. The van der Waals surface area contributed by atoms with Gasteiger partial charge in [-0.05, 0) is 19.8 Å². The molecule has 7 heteroatoms. The number of aromatic nitrogens is 1. The van der Waals surface area contributed by atoms with E-state index >= 15 is 0 Å². The zero-order chi connectivity index (χ0) is 18.5. The van der Waals surface area contributed by atoms with Gasteiger partial charge in [0.25, 0.3) is 5.91 Å². The number of hydrogen-bond acceptors (Lipinski definition) is 5. The predicted octanol–water partition coefficient (Wildman–Crippen LogP) is 2.05. The first-order valence-electron chi connectivity index (χ1n) is 8.90. The van der Waals surface area contributed by atoms with Gasteiger partial charge in [0.1, 0.15) is 4.88 Å². The minimum atomic E-state index is -0.173. The number of benzene rings is 1. The van der Waals surface area contributed by atoms with E-state index in [4.69, 9.17) is 5.73 Å². The standard InChI is InChI=1S/C19H24N4O2S/c1-13-22-16(14-6-3-2-4-7-14)17(26-13)19(25)23-11-5-8-15(12-23)18(24)21-10-9-20/h2-4,6-7,15H,5,8-12,20H2,1H3,(H,21,24). The maximum absolute atomic E-state index is 13.1. The molecule has 1 aliphatic heterocycles. The summed E-state index contributed by atoms with van der Waals surface area (Å²) in [6, 6.07) is 9.75. The Morgan fingerprint density at radius 1 is 1.35 bits per heavy atom. The van der Waals surface area contributed by atoms with Crippen LogP contribution in [-0.2, 0) is 4.79 Å². The Labute approximate surface area is 157 Å². The molecule has 2 heterocycles. The van der Waals surface area contributed by atoms with Gasteiger partial charge in [0.15, 0.2) is 0 Å². The van der Waals surface area contributed by atoms with E-state index in [0.717, 1.165) is 29.1 Å². The number of carbonyl (C=O) groups excluding carboxylic acids is 2. The summed E-state index contributed by atoms with van der Waals surface area (Å²) in [5, 5.41) is 3.69. The molecule has 1 aromatic carbocycles. The van der Waals surface area contributed by atoms with Gasteiger partial charge in [-0.2, -0.15) is 0 Å². The lowest BCUT2D eigenvalue weighted by Gasteiger charge is -2.32. The zero-order valence-corrected chi connectivity index (χ0v) is 15.7. The number of amides is 2. The molecule has 0 radical (unpaired) electrons. The van der Waals surface area contributed by atoms with Crippen molar-refractivity contribution >= 4 is 23.2 Å². The number of aryl methyl sites for hydroxylation is 1. The number of thiazole rings is 1. The highest BCUT2D eigenvalue weighted by molar-refractivity contribution is 7.14. The molecule has 0 saturated carbocycles. The molecular weight excluding hydrogens is 348 g/mol. The van der Waals surface area contributed by atoms with Crippen LogP contribution in [0.2, 0.25) is 0 Å². The molecule has 2 aromatic rings. The zero-order valence-electron chi connectivity index (χ0n) is 14.9. The van der Waals surface area contributed by atoms with Crippen LogP contribution in [0.4, 0.5) is 0 Å². The maximum atomic E-state index is 13.1. The van der Waals surface area contributed by atoms with Crippen molar-refractivity contribution < 1.29 is 9.59 Å². The quantitative estimate of drug-likeness (QED) is 0.841. The molecule has 2 amide bonds. The number of nitrogens with two attached hydrogens (primary N) is 1. The third-order valence-electron chi connectivity index (χ3n) is 4.50. The van der Waals surface area contributed by atoms with Crippen molar-refractivity contribution in [1.29, 1.82) is 0 Å². The number of carbonyl (C=O) groups is 2. The van der Waals surface area contributed by atoms with Crippen molar-refractivity contribution in [2.75, 3.05) is 26.2 Å². The molecule has 3 rings (SSSR count). The van der Waals surface area contributed by atoms with Crippen LogP contribution in [0, 0.1) is 12.8 Å². The van der Waals surface area contributed by atoms with Crippen molar-refractivity contribution in [3.05, 3.63) is 40.2 Å². The second kappa shape index (κ2) is 8.42. The number of likely N-dealkylation sites (tertiary alicyclic amines) is 1. The van der Waals surface area contributed by atoms with E-state index in [1.807, 2.05) is 37.3 Å². The third-order valence-corrected chi connectivity index (χ3v) is 5.46. The van der Waals surface area contributed by atoms with Crippen LogP contribution in [0.25, 0.3) is 11.3 Å². The van der Waals surface area contributed by atoms with Crippen molar-refractivity contribution in [1.82, 2.24) is 15.2 Å². The van der Waals surface area contributed by atoms with Gasteiger partial charge in [0, 0.05) is 31.7 Å². The first-order chi connectivity index (χ1) is 12.6. The Kier molecular flexibility index (Phi) is 6.00. The summed E-state index contributed by atoms with van der Waals surface area (Å²) >= 11 is 1.42. The molecular formula is C19H24N4O2S. The highest BCUT2D eigenvalue weighted by Gasteiger charge is 2.31. The number of rotatable bonds is 5. The number of nitrogens with one attached hydrogen (secondary N) is 1. The molecule has 0 aliphatic carbocycles. The van der Waals surface area contributed by atoms with Gasteiger partial charge in [-0.3, -0.25) is 9.59 Å². The van der Waals surface area contributed by atoms with E-state index in [2.05, 4.69) is 10.3 Å². The van der Waals surface area contributed by atoms with Crippen LogP contribution < -0.4 is 11.1 Å². The molecule has 138 valence electrons. The van der Waals surface area contributed by atoms with Crippen molar-refractivity contribution in [2.45, 2.75) is 19.8 Å². The largest absolute Gasteiger partial charge is 0.355 e. The van der Waals surface area contributed by atoms with Crippen LogP contribution in [0.5, 0.6) is 0 Å². The molecule has 1 saturated heterocycles. The Morgan fingerprint density at radius 3 is 2.85 bits per heavy atom. The van der Waals surface area contributed by atoms with E-state index in [0.29, 0.717) is 31.1 Å². The Morgan fingerprint density at radius 2 is 2.12 bits per heavy atom. The van der Waals surface area contributed by atoms with Crippen molar-refractivity contribution in [3.63, 3.8) is 0 Å². The summed E-state index contributed by atoms with van der Waals surface area (Å²) in [5.41, 5.74) is 7.12. The van der Waals surface area contributed by atoms with E-state index in [9.17, 15) is 9.59 Å². The van der Waals surface area contributed by atoms with Crippen LogP contribution in [-0.4, -0.2) is 47.9 Å². The summed E-state index contributed by atoms with van der Waals surface area (Å²) < 4.78 is 0. The second-order valence-electron chi connectivity index (χ2n) is 6.45. The third kappa shape index (κ3) is 4.11. The van der Waals surface area contributed by atoms with Gasteiger partial charge in [-0.1, -0.05) is 30.3 Å². The highest BCUT2D eigenvalue weighted by Crippen LogP contribution is 2.30. The summed E-state index contributed by atoms with van der Waals surface area (Å²) in [6.45, 7) is 3.91. The molecule has 1 atom stereocenters. The van der Waals surface area contributed by atoms with E-state index in [1.54, 1.807) is 4.90 Å². The van der Waals surface area contributed by atoms with Crippen LogP contribution >= 0.6 is 11.3 Å². The van der Waals surface area contributed by atoms with Crippen LogP contribution in [0.15, 0.2) is 30.3 Å². The van der Waals surface area contributed by atoms with E-state index in [-0.39, 0.29) is 17.7 Å². The average Bonchev–Trinajstić information content (AvgIpc) is 3.08. The first-order valence-corrected chi connectivity index (χ1v) is 9.71. The molecule has 0 spiro atoms. The molecule has 1 aliphatic rings. The van der Waals surface area contributed by atoms with Gasteiger partial charge in [-0.25, -0.2) is 4.98 Å². The predicted molar refractivity (Wildman–Crippen MR) is 103 cm³/mol. The fraction of sp³-hybridized carbons (Fsp3) is 0.421. The fourth-order valence-corrected chi connectivity index (χ4v) is 4.13. The molecule has 6 nitrogen and oxygen atoms in total. The molecule has 1 fully saturated rings. The minimum Gasteiger partial charge on any atom is -0.355 e. The number of nitrogens with zero attached hydrogens (tertiary/aromatic N) is 2. The first kappa shape index (κ1) is 18.5. The lowest BCUT2D eigenvalue weighted by atomic mass is 9.96. The van der Waals surface area contributed by atoms with Crippen LogP contribution in [0.1, 0.15) is 27.5 Å². The lowest BCUT2D eigenvalue weighted by molar-refractivity contribution is -0.126. The molecule has 3 N–H and O–H groups in total. The monoisotopic (exact) mass is 372 g/mol. The van der Waals surface area contributed by atoms with E-state index < -0.39 is 0 Å². The molecule has 0 bridgehead atoms. The van der Waals surface area contributed by atoms with E-state index in [1.165, 1.54) is 11.3 Å². The van der Waals surface area contributed by atoms with Gasteiger partial charge in [0.2, 0.25) is 5.91 Å². The molecule has 1 aromatic heterocycles. The SMILES string of the molecule is Cc1nc(-c2ccccc2)c(C(=O)N2CCCC(C(=O)NCCN)C2)s1. The smallest absolute Gasteiger partial charge is 0.266 e.